The molecule has 0 radical (unpaired) electrons. The molecule has 11 N–H and O–H groups in total. The Kier molecular flexibility index (Phi) is 46.3. The number of nitrogens with zero attached hydrogens (tertiary/aromatic N) is 16. The predicted octanol–water partition coefficient (Wildman–Crippen LogP) is 9.38. The van der Waals surface area contributed by atoms with E-state index in [0.29, 0.717) is 77.8 Å². The van der Waals surface area contributed by atoms with Gasteiger partial charge in [-0.15, -0.1) is 0 Å². The monoisotopic (exact) mass is 1860 g/mol. The molecular formula is C81H96Cl6F2N18O18. The first-order valence-electron chi connectivity index (χ1n) is 37.1. The van der Waals surface area contributed by atoms with Crippen molar-refractivity contribution in [1.82, 2.24) is 70.4 Å². The van der Waals surface area contributed by atoms with Gasteiger partial charge in [0, 0.05) is 63.8 Å². The maximum absolute atomic E-state index is 13.3. The molecule has 0 aliphatic carbocycles. The smallest absolute Gasteiger partial charge is 0.338 e. The van der Waals surface area contributed by atoms with Gasteiger partial charge in [0.2, 0.25) is 0 Å². The van der Waals surface area contributed by atoms with Crippen LogP contribution >= 0.6 is 69.6 Å². The summed E-state index contributed by atoms with van der Waals surface area (Å²) in [5.41, 5.74) is 0.904. The molecule has 2 aliphatic rings. The third kappa shape index (κ3) is 40.7. The molecule has 8 aromatic rings. The topological polar surface area (TPSA) is 545 Å². The summed E-state index contributed by atoms with van der Waals surface area (Å²) in [5.74, 6) is -5.17. The lowest BCUT2D eigenvalue weighted by atomic mass is 9.95. The second-order valence-corrected chi connectivity index (χ2v) is 31.6. The standard InChI is InChI=1S/C20H21ClFN5O3.C20H22FN5O3.C11H15ClN2O4.C11H13ClN2O2.C7H7ClN2O4.C7H12O2.C4H2Cl2N2.CH4/c21-17-11-24-10-15(26-17)18(28)19(29)20(30)25-9-12-3-5-27(6-4-12)16-2-1-14(22)7-13(16)8-23;21-15-1-2-17(14(9-15)10-22)26-7-3-13(4-8-26)11-25-20(29)19(28)18(27)16-12-23-5-6-24-16;1-11(2,3)18-10(17)9(16)8(15)6-4-13-5-7(12)14-6;1-11(2,3)16-10(15)5-4-8-6-13-7-9(12)14-8;8-4-2-9-1-3(10-4)5(11)6(12)7(13)14;1-5-6(8)9-7(2,3)4;5-3-1-7-2-4(6)8-3;/h1-2,7,10-12,18-19,28-29H,3-6,9H2,(H,25,30);1-2,5-6,9,12-13,18-19,27-28H,3-4,7-8,11H2,(H,25,29);4-5,8-9,15-16H,1-3H3;4-7H,1-3H3;1-2,5-6,11-12H,(H,13,14);5H,1H2,2-4H3;1-2H;1H4/b;;;5-4+;;;;/t2*18-,19+;8-,9-;;5-,6+;;;/m000.0.../s1. The highest BCUT2D eigenvalue weighted by molar-refractivity contribution is 6.32. The Morgan fingerprint density at radius 3 is 1.16 bits per heavy atom. The van der Waals surface area contributed by atoms with Crippen molar-refractivity contribution in [3.05, 3.63) is 218 Å². The molecule has 2 aliphatic heterocycles. The van der Waals surface area contributed by atoms with E-state index in [9.17, 15) is 83.8 Å². The first kappa shape index (κ1) is 108. The number of anilines is 2. The highest BCUT2D eigenvalue weighted by Gasteiger charge is 2.34. The van der Waals surface area contributed by atoms with Crippen LogP contribution in [0.5, 0.6) is 0 Å². The van der Waals surface area contributed by atoms with E-state index in [0.717, 1.165) is 38.0 Å². The summed E-state index contributed by atoms with van der Waals surface area (Å²) in [4.78, 5) is 117. The zero-order valence-electron chi connectivity index (χ0n) is 68.1. The molecule has 8 atom stereocenters. The summed E-state index contributed by atoms with van der Waals surface area (Å²) in [5, 5.41) is 111. The first-order valence-corrected chi connectivity index (χ1v) is 39.4. The average Bonchev–Trinajstić information content (AvgIpc) is 0.822. The fraction of sp³-hybridized carbons (Fsp3) is 0.407. The highest BCUT2D eigenvalue weighted by atomic mass is 35.5. The Morgan fingerprint density at radius 2 is 0.832 bits per heavy atom. The maximum Gasteiger partial charge on any atom is 0.338 e. The van der Waals surface area contributed by atoms with Crippen LogP contribution in [0.25, 0.3) is 6.08 Å². The van der Waals surface area contributed by atoms with Gasteiger partial charge in [-0.2, -0.15) is 10.5 Å². The quantitative estimate of drug-likeness (QED) is 0.0181. The molecule has 0 saturated carbocycles. The van der Waals surface area contributed by atoms with Crippen molar-refractivity contribution < 1.29 is 97.7 Å². The molecule has 44 heteroatoms. The van der Waals surface area contributed by atoms with Crippen LogP contribution < -0.4 is 20.4 Å². The molecule has 0 spiro atoms. The summed E-state index contributed by atoms with van der Waals surface area (Å²) in [6, 6.07) is 12.4. The molecule has 36 nitrogen and oxygen atoms in total. The fourth-order valence-electron chi connectivity index (χ4n) is 10.3. The van der Waals surface area contributed by atoms with E-state index in [-0.39, 0.29) is 68.6 Å². The molecular weight excluding hydrogens is 1760 g/mol. The van der Waals surface area contributed by atoms with Crippen LogP contribution in [0, 0.1) is 46.1 Å². The molecule has 0 unspecified atom stereocenters. The number of hydrogen-bond acceptors (Lipinski definition) is 33. The molecule has 6 aromatic heterocycles. The van der Waals surface area contributed by atoms with Crippen LogP contribution in [0.1, 0.15) is 159 Å². The number of carboxylic acid groups (broad SMARTS) is 1. The van der Waals surface area contributed by atoms with Gasteiger partial charge in [-0.25, -0.2) is 52.9 Å². The minimum Gasteiger partial charge on any atom is -0.479 e. The van der Waals surface area contributed by atoms with Crippen molar-refractivity contribution in [1.29, 1.82) is 10.5 Å². The van der Waals surface area contributed by atoms with Gasteiger partial charge in [0.05, 0.1) is 119 Å². The Bertz CT molecular complexity index is 4910. The van der Waals surface area contributed by atoms with Gasteiger partial charge in [0.1, 0.15) is 95.9 Å². The molecule has 125 heavy (non-hydrogen) atoms. The van der Waals surface area contributed by atoms with E-state index in [1.807, 2.05) is 42.7 Å². The van der Waals surface area contributed by atoms with E-state index in [1.165, 1.54) is 111 Å². The van der Waals surface area contributed by atoms with Crippen molar-refractivity contribution in [3.8, 4) is 12.1 Å². The second-order valence-electron chi connectivity index (χ2n) is 29.3. The Hall–Kier alpha value is -10.9. The SMILES string of the molecule is C.C=CC(=O)OC(C)(C)C.CC(C)(C)OC(=O)/C=C/c1cncc(Cl)n1.CC(C)(C)OC(=O)[C@@H](O)[C@@H](O)c1cncc(Cl)n1.Clc1cncc(Cl)n1.N#Cc1cc(F)ccc1N1CCC(CNC(=O)[C@H](O)[C@@H](O)c2cncc(Cl)n2)CC1.N#Cc1cc(F)ccc1N1CCC(CNC(=O)[C@H](O)[C@@H](O)c2cnccn2)CC1.O=C(O)[C@H](O)[C@@H](O)c1cncc(Cl)n1. The second kappa shape index (κ2) is 53.4. The van der Waals surface area contributed by atoms with Crippen LogP contribution in [-0.2, 0) is 43.0 Å². The Balaban J connectivity index is 0.000000393. The zero-order chi connectivity index (χ0) is 92.8. The van der Waals surface area contributed by atoms with Gasteiger partial charge in [0.15, 0.2) is 24.4 Å². The number of nitriles is 2. The van der Waals surface area contributed by atoms with Gasteiger partial charge in [0.25, 0.3) is 11.8 Å². The number of carbonyl (C=O) groups excluding carboxylic acids is 5. The number of ether oxygens (including phenoxy) is 3. The van der Waals surface area contributed by atoms with E-state index < -0.39 is 107 Å². The van der Waals surface area contributed by atoms with E-state index in [2.05, 4.69) is 77.0 Å². The molecule has 10 rings (SSSR count). The summed E-state index contributed by atoms with van der Waals surface area (Å²) in [6.45, 7) is 22.5. The first-order chi connectivity index (χ1) is 58.2. The molecule has 2 saturated heterocycles. The minimum absolute atomic E-state index is 0. The molecule has 674 valence electrons. The van der Waals surface area contributed by atoms with Crippen molar-refractivity contribution >= 4 is 123 Å². The Morgan fingerprint density at radius 1 is 0.488 bits per heavy atom. The number of aromatic nitrogens is 12. The summed E-state index contributed by atoms with van der Waals surface area (Å²) < 4.78 is 41.5. The summed E-state index contributed by atoms with van der Waals surface area (Å²) in [6.07, 6.45) is 11.0. The van der Waals surface area contributed by atoms with Crippen molar-refractivity contribution in [2.24, 2.45) is 11.8 Å². The number of aliphatic carboxylic acids is 1. The van der Waals surface area contributed by atoms with Gasteiger partial charge in [-0.1, -0.05) is 83.6 Å². The van der Waals surface area contributed by atoms with E-state index >= 15 is 0 Å². The van der Waals surface area contributed by atoms with Crippen molar-refractivity contribution in [3.63, 3.8) is 0 Å². The predicted molar refractivity (Wildman–Crippen MR) is 455 cm³/mol. The fourth-order valence-corrected chi connectivity index (χ4v) is 11.3. The van der Waals surface area contributed by atoms with Crippen LogP contribution in [0.4, 0.5) is 20.2 Å². The lowest BCUT2D eigenvalue weighted by Gasteiger charge is -2.34. The summed E-state index contributed by atoms with van der Waals surface area (Å²) in [7, 11) is 0. The van der Waals surface area contributed by atoms with Crippen molar-refractivity contribution in [2.75, 3.05) is 49.1 Å². The normalized spacial score (nSPS) is 14.5. The Labute approximate surface area is 749 Å². The number of carbonyl (C=O) groups is 6. The maximum atomic E-state index is 13.3. The van der Waals surface area contributed by atoms with Crippen LogP contribution in [0.2, 0.25) is 30.9 Å². The van der Waals surface area contributed by atoms with Gasteiger partial charge >= 0.3 is 23.9 Å². The van der Waals surface area contributed by atoms with Gasteiger partial charge in [-0.05, 0) is 142 Å². The number of hydrogen-bond donors (Lipinski definition) is 11. The number of halogens is 8. The van der Waals surface area contributed by atoms with Crippen LogP contribution in [0.3, 0.4) is 0 Å². The number of piperidine rings is 2. The van der Waals surface area contributed by atoms with Crippen LogP contribution in [0.15, 0.2) is 136 Å². The van der Waals surface area contributed by atoms with Gasteiger partial charge in [-0.3, -0.25) is 44.5 Å². The zero-order valence-corrected chi connectivity index (χ0v) is 72.7. The van der Waals surface area contributed by atoms with E-state index in [4.69, 9.17) is 94.0 Å². The number of amides is 2. The largest absolute Gasteiger partial charge is 0.479 e. The number of benzene rings is 2. The average molecular weight is 1860 g/mol. The number of aliphatic hydroxyl groups excluding tert-OH is 8. The minimum atomic E-state index is -1.94. The number of aliphatic hydroxyl groups is 8. The molecule has 2 aromatic carbocycles. The molecule has 2 amide bonds. The lowest BCUT2D eigenvalue weighted by molar-refractivity contribution is -0.171. The van der Waals surface area contributed by atoms with Crippen LogP contribution in [-0.4, -0.2) is 222 Å². The van der Waals surface area contributed by atoms with Gasteiger partial charge < -0.3 is 80.6 Å². The number of rotatable bonds is 21. The van der Waals surface area contributed by atoms with Crippen molar-refractivity contribution in [2.45, 2.75) is 161 Å². The summed E-state index contributed by atoms with van der Waals surface area (Å²) >= 11 is 33.2. The number of nitrogens with one attached hydrogen (secondary N) is 2. The highest BCUT2D eigenvalue weighted by Crippen LogP contribution is 2.30. The van der Waals surface area contributed by atoms with E-state index in [1.54, 1.807) is 53.7 Å². The molecule has 0 bridgehead atoms. The number of esters is 3. The molecule has 2 fully saturated rings. The lowest BCUT2D eigenvalue weighted by Crippen LogP contribution is -2.43. The third-order valence-electron chi connectivity index (χ3n) is 16.1. The number of carboxylic acids is 1. The molecule has 8 heterocycles. The third-order valence-corrected chi connectivity index (χ3v) is 17.2.